The Hall–Kier alpha value is -4.31. The van der Waals surface area contributed by atoms with Crippen LogP contribution in [0.3, 0.4) is 0 Å². The summed E-state index contributed by atoms with van der Waals surface area (Å²) in [6.45, 7) is 0.581. The van der Waals surface area contributed by atoms with E-state index in [1.807, 2.05) is 35.0 Å². The molecule has 1 N–H and O–H groups in total. The Morgan fingerprint density at radius 2 is 1.72 bits per heavy atom. The summed E-state index contributed by atoms with van der Waals surface area (Å²) in [5.74, 6) is 0.508. The summed E-state index contributed by atoms with van der Waals surface area (Å²) in [7, 11) is -4.04. The average molecular weight is 505 g/mol. The molecule has 4 aromatic rings. The highest BCUT2D eigenvalue weighted by Gasteiger charge is 2.28. The van der Waals surface area contributed by atoms with Crippen LogP contribution in [0.15, 0.2) is 96.4 Å². The zero-order valence-electron chi connectivity index (χ0n) is 19.3. The van der Waals surface area contributed by atoms with Crippen molar-refractivity contribution in [1.29, 1.82) is 0 Å². The molecule has 9 nitrogen and oxygen atoms in total. The van der Waals surface area contributed by atoms with Gasteiger partial charge in [-0.3, -0.25) is 9.10 Å². The molecule has 1 aromatic heterocycles. The molecule has 0 fully saturated rings. The average Bonchev–Trinajstić information content (AvgIpc) is 3.46. The van der Waals surface area contributed by atoms with Crippen molar-refractivity contribution < 1.29 is 22.7 Å². The third-order valence-electron chi connectivity index (χ3n) is 5.68. The van der Waals surface area contributed by atoms with Gasteiger partial charge < -0.3 is 19.4 Å². The van der Waals surface area contributed by atoms with Gasteiger partial charge in [0.2, 0.25) is 5.91 Å². The maximum absolute atomic E-state index is 13.6. The van der Waals surface area contributed by atoms with Crippen LogP contribution in [0.1, 0.15) is 5.56 Å². The van der Waals surface area contributed by atoms with E-state index in [4.69, 9.17) is 9.47 Å². The number of nitrogens with one attached hydrogen (secondary N) is 1. The summed E-state index contributed by atoms with van der Waals surface area (Å²) in [5.41, 5.74) is 2.04. The van der Waals surface area contributed by atoms with E-state index in [0.717, 1.165) is 15.6 Å². The third-order valence-corrected chi connectivity index (χ3v) is 7.47. The van der Waals surface area contributed by atoms with E-state index in [1.54, 1.807) is 48.9 Å². The van der Waals surface area contributed by atoms with Crippen LogP contribution in [0.5, 0.6) is 11.5 Å². The van der Waals surface area contributed by atoms with E-state index in [-0.39, 0.29) is 11.4 Å². The number of benzene rings is 3. The molecule has 3 aromatic carbocycles. The van der Waals surface area contributed by atoms with Gasteiger partial charge in [0, 0.05) is 25.0 Å². The predicted octanol–water partition coefficient (Wildman–Crippen LogP) is 3.16. The number of para-hydroxylation sites is 1. The number of rotatable bonds is 8. The predicted molar refractivity (Wildman–Crippen MR) is 134 cm³/mol. The lowest BCUT2D eigenvalue weighted by atomic mass is 10.1. The second-order valence-electron chi connectivity index (χ2n) is 8.03. The number of carbonyl (C=O) groups excluding carboxylic acids is 1. The summed E-state index contributed by atoms with van der Waals surface area (Å²) in [4.78, 5) is 17.2. The molecule has 0 saturated heterocycles. The molecule has 1 aliphatic heterocycles. The third kappa shape index (κ3) is 4.89. The number of fused-ring (bicyclic) bond motifs is 1. The zero-order chi connectivity index (χ0) is 25.0. The van der Waals surface area contributed by atoms with Gasteiger partial charge in [-0.25, -0.2) is 13.4 Å². The van der Waals surface area contributed by atoms with Gasteiger partial charge in [-0.15, -0.1) is 0 Å². The van der Waals surface area contributed by atoms with Crippen molar-refractivity contribution in [2.24, 2.45) is 0 Å². The molecule has 36 heavy (non-hydrogen) atoms. The molecule has 5 rings (SSSR count). The van der Waals surface area contributed by atoms with E-state index in [1.165, 1.54) is 12.1 Å². The summed E-state index contributed by atoms with van der Waals surface area (Å²) < 4.78 is 41.3. The minimum absolute atomic E-state index is 0.0816. The fraction of sp³-hybridized carbons (Fsp3) is 0.154. The van der Waals surface area contributed by atoms with E-state index >= 15 is 0 Å². The van der Waals surface area contributed by atoms with E-state index < -0.39 is 22.5 Å². The molecule has 0 spiro atoms. The Kier molecular flexibility index (Phi) is 6.59. The Bertz CT molecular complexity index is 1460. The van der Waals surface area contributed by atoms with Crippen LogP contribution < -0.4 is 19.1 Å². The quantitative estimate of drug-likeness (QED) is 0.396. The van der Waals surface area contributed by atoms with Crippen LogP contribution in [0.2, 0.25) is 0 Å². The zero-order valence-corrected chi connectivity index (χ0v) is 20.1. The SMILES string of the molecule is O=C(CN(c1ccc2c(c1)OCCO2)S(=O)(=O)c1ccccc1)NCc1ccccc1-n1ccnc1. The molecule has 0 aliphatic carbocycles. The highest BCUT2D eigenvalue weighted by atomic mass is 32.2. The van der Waals surface area contributed by atoms with Crippen molar-refractivity contribution >= 4 is 21.6 Å². The molecule has 10 heteroatoms. The van der Waals surface area contributed by atoms with Gasteiger partial charge in [-0.05, 0) is 35.9 Å². The number of hydrogen-bond donors (Lipinski definition) is 1. The largest absolute Gasteiger partial charge is 0.486 e. The first-order valence-electron chi connectivity index (χ1n) is 11.3. The molecule has 184 valence electrons. The minimum Gasteiger partial charge on any atom is -0.486 e. The lowest BCUT2D eigenvalue weighted by molar-refractivity contribution is -0.119. The second kappa shape index (κ2) is 10.1. The Balaban J connectivity index is 1.41. The maximum Gasteiger partial charge on any atom is 0.264 e. The Morgan fingerprint density at radius 3 is 2.50 bits per heavy atom. The van der Waals surface area contributed by atoms with E-state index in [2.05, 4.69) is 10.3 Å². The first kappa shape index (κ1) is 23.4. The summed E-state index contributed by atoms with van der Waals surface area (Å²) in [6, 6.07) is 20.4. The Labute approximate surface area is 209 Å². The molecule has 0 bridgehead atoms. The molecular formula is C26H24N4O5S. The second-order valence-corrected chi connectivity index (χ2v) is 9.89. The number of imidazole rings is 1. The normalized spacial score (nSPS) is 12.7. The highest BCUT2D eigenvalue weighted by molar-refractivity contribution is 7.92. The van der Waals surface area contributed by atoms with Gasteiger partial charge in [0.05, 0.1) is 22.6 Å². The topological polar surface area (TPSA) is 103 Å². The first-order valence-corrected chi connectivity index (χ1v) is 12.8. The number of amides is 1. The lowest BCUT2D eigenvalue weighted by Crippen LogP contribution is -2.40. The number of ether oxygens (including phenoxy) is 2. The van der Waals surface area contributed by atoms with Crippen LogP contribution >= 0.6 is 0 Å². The molecule has 2 heterocycles. The van der Waals surface area contributed by atoms with Gasteiger partial charge in [-0.1, -0.05) is 36.4 Å². The van der Waals surface area contributed by atoms with Crippen molar-refractivity contribution in [2.45, 2.75) is 11.4 Å². The van der Waals surface area contributed by atoms with Crippen LogP contribution in [-0.2, 0) is 21.4 Å². The van der Waals surface area contributed by atoms with E-state index in [0.29, 0.717) is 30.4 Å². The van der Waals surface area contributed by atoms with E-state index in [9.17, 15) is 13.2 Å². The molecule has 0 saturated carbocycles. The Morgan fingerprint density at radius 1 is 0.972 bits per heavy atom. The van der Waals surface area contributed by atoms with Gasteiger partial charge in [0.1, 0.15) is 19.8 Å². The summed E-state index contributed by atoms with van der Waals surface area (Å²) in [5, 5.41) is 2.85. The van der Waals surface area contributed by atoms with Crippen molar-refractivity contribution in [3.63, 3.8) is 0 Å². The molecule has 0 unspecified atom stereocenters. The summed E-state index contributed by atoms with van der Waals surface area (Å²) in [6.07, 6.45) is 5.17. The van der Waals surface area contributed by atoms with Crippen molar-refractivity contribution in [3.05, 3.63) is 97.1 Å². The molecule has 1 aliphatic rings. The monoisotopic (exact) mass is 504 g/mol. The number of anilines is 1. The minimum atomic E-state index is -4.04. The van der Waals surface area contributed by atoms with Crippen molar-refractivity contribution in [3.8, 4) is 17.2 Å². The number of nitrogens with zero attached hydrogens (tertiary/aromatic N) is 3. The lowest BCUT2D eigenvalue weighted by Gasteiger charge is -2.26. The first-order chi connectivity index (χ1) is 17.5. The number of carbonyl (C=O) groups is 1. The van der Waals surface area contributed by atoms with Gasteiger partial charge >= 0.3 is 0 Å². The molecule has 1 amide bonds. The highest BCUT2D eigenvalue weighted by Crippen LogP contribution is 2.35. The van der Waals surface area contributed by atoms with Crippen molar-refractivity contribution in [1.82, 2.24) is 14.9 Å². The maximum atomic E-state index is 13.6. The van der Waals surface area contributed by atoms with Gasteiger partial charge in [-0.2, -0.15) is 0 Å². The van der Waals surface area contributed by atoms with Crippen LogP contribution in [-0.4, -0.2) is 43.6 Å². The van der Waals surface area contributed by atoms with Crippen LogP contribution in [0, 0.1) is 0 Å². The smallest absolute Gasteiger partial charge is 0.264 e. The van der Waals surface area contributed by atoms with Crippen LogP contribution in [0.25, 0.3) is 5.69 Å². The molecular weight excluding hydrogens is 480 g/mol. The van der Waals surface area contributed by atoms with Crippen molar-refractivity contribution in [2.75, 3.05) is 24.1 Å². The molecule has 0 atom stereocenters. The number of aromatic nitrogens is 2. The van der Waals surface area contributed by atoms with Gasteiger partial charge in [0.15, 0.2) is 11.5 Å². The fourth-order valence-electron chi connectivity index (χ4n) is 3.92. The van der Waals surface area contributed by atoms with Crippen LogP contribution in [0.4, 0.5) is 5.69 Å². The molecule has 0 radical (unpaired) electrons. The van der Waals surface area contributed by atoms with Gasteiger partial charge in [0.25, 0.3) is 10.0 Å². The number of hydrogen-bond acceptors (Lipinski definition) is 6. The number of sulfonamides is 1. The fourth-order valence-corrected chi connectivity index (χ4v) is 5.35. The summed E-state index contributed by atoms with van der Waals surface area (Å²) >= 11 is 0. The standard InChI is InChI=1S/C26H24N4O5S/c31-26(28-17-20-6-4-5-9-23(20)29-13-12-27-19-29)18-30(36(32,33)22-7-2-1-3-8-22)21-10-11-24-25(16-21)35-15-14-34-24/h1-13,16,19H,14-15,17-18H2,(H,28,31).